The van der Waals surface area contributed by atoms with Crippen LogP contribution in [0.1, 0.15) is 32.8 Å². The fourth-order valence-electron chi connectivity index (χ4n) is 9.53. The summed E-state index contributed by atoms with van der Waals surface area (Å²) in [5, 5.41) is 2.50. The predicted molar refractivity (Wildman–Crippen MR) is 286 cm³/mol. The van der Waals surface area contributed by atoms with Crippen LogP contribution >= 0.6 is 0 Å². The summed E-state index contributed by atoms with van der Waals surface area (Å²) in [4.78, 5) is 2.34. The third-order valence-corrected chi connectivity index (χ3v) is 13.8. The zero-order valence-corrected chi connectivity index (χ0v) is 38.3. The minimum Gasteiger partial charge on any atom is -0.311 e. The quantitative estimate of drug-likeness (QED) is 0.126. The number of rotatable bonds is 11. The summed E-state index contributed by atoms with van der Waals surface area (Å²) in [5.74, 6) is 0. The van der Waals surface area contributed by atoms with Crippen molar-refractivity contribution in [3.05, 3.63) is 254 Å². The molecule has 0 bridgehead atoms. The molecule has 2 nitrogen and oxygen atoms in total. The molecule has 11 rings (SSSR count). The van der Waals surface area contributed by atoms with E-state index in [4.69, 9.17) is 0 Å². The van der Waals surface area contributed by atoms with Crippen LogP contribution in [0.2, 0.25) is 0 Å². The normalized spacial score (nSPS) is 11.6. The van der Waals surface area contributed by atoms with E-state index in [0.717, 1.165) is 29.2 Å². The molecule has 0 aliphatic rings. The monoisotopic (exact) mass is 860 g/mol. The predicted octanol–water partition coefficient (Wildman–Crippen LogP) is 18.3. The maximum atomic E-state index is 2.40. The maximum absolute atomic E-state index is 2.40. The van der Waals surface area contributed by atoms with Gasteiger partial charge >= 0.3 is 0 Å². The van der Waals surface area contributed by atoms with Gasteiger partial charge in [0.15, 0.2) is 0 Å². The van der Waals surface area contributed by atoms with Crippen molar-refractivity contribution in [1.29, 1.82) is 0 Å². The molecule has 0 unspecified atom stereocenters. The topological polar surface area (TPSA) is 8.17 Å². The zero-order chi connectivity index (χ0) is 45.3. The maximum Gasteiger partial charge on any atom is 0.0541 e. The molecule has 0 aliphatic carbocycles. The van der Waals surface area contributed by atoms with Gasteiger partial charge in [0.2, 0.25) is 0 Å². The smallest absolute Gasteiger partial charge is 0.0541 e. The van der Waals surface area contributed by atoms with Crippen molar-refractivity contribution in [2.24, 2.45) is 0 Å². The highest BCUT2D eigenvalue weighted by molar-refractivity contribution is 6.11. The van der Waals surface area contributed by atoms with Gasteiger partial charge in [0.05, 0.1) is 11.0 Å². The average Bonchev–Trinajstić information content (AvgIpc) is 3.73. The number of anilines is 3. The summed E-state index contributed by atoms with van der Waals surface area (Å²) in [7, 11) is 0. The fourth-order valence-corrected chi connectivity index (χ4v) is 9.53. The Morgan fingerprint density at radius 3 is 1.00 bits per heavy atom. The standard InChI is InChI=1S/C65H52N2/c1-4-65(2,3)56-34-24-53(25-35-56)55-33-43-64-62(45-55)61-44-54(32-42-63(61)67(64)57-18-12-7-13-19-57)52-22-20-48(21-23-52)51-30-40-60(41-31-51)66(58-36-26-49(27-37-58)46-14-8-5-9-15-46)59-38-28-50(29-39-59)47-16-10-6-11-17-47/h5-45H,4H2,1-3H3. The van der Waals surface area contributed by atoms with E-state index in [2.05, 4.69) is 279 Å². The summed E-state index contributed by atoms with van der Waals surface area (Å²) in [6, 6.07) is 90.7. The first kappa shape index (κ1) is 41.5. The molecule has 0 atom stereocenters. The van der Waals surface area contributed by atoms with Gasteiger partial charge in [-0.05, 0) is 146 Å². The van der Waals surface area contributed by atoms with Gasteiger partial charge in [-0.25, -0.2) is 0 Å². The molecular weight excluding hydrogens is 809 g/mol. The van der Waals surface area contributed by atoms with Crippen LogP contribution < -0.4 is 4.90 Å². The molecular formula is C65H52N2. The van der Waals surface area contributed by atoms with E-state index in [9.17, 15) is 0 Å². The van der Waals surface area contributed by atoms with Gasteiger partial charge < -0.3 is 9.47 Å². The molecule has 0 radical (unpaired) electrons. The number of aromatic nitrogens is 1. The van der Waals surface area contributed by atoms with E-state index < -0.39 is 0 Å². The molecule has 0 aliphatic heterocycles. The summed E-state index contributed by atoms with van der Waals surface area (Å²) >= 11 is 0. The number of hydrogen-bond donors (Lipinski definition) is 0. The minimum absolute atomic E-state index is 0.154. The van der Waals surface area contributed by atoms with Crippen LogP contribution in [0.5, 0.6) is 0 Å². The SMILES string of the molecule is CCC(C)(C)c1ccc(-c2ccc3c(c2)c2cc(-c4ccc(-c5ccc(N(c6ccc(-c7ccccc7)cc6)c6ccc(-c7ccccc7)cc6)cc5)cc4)ccc2n3-c2ccccc2)cc1. The molecule has 0 saturated heterocycles. The Labute approximate surface area is 394 Å². The van der Waals surface area contributed by atoms with Crippen molar-refractivity contribution in [3.63, 3.8) is 0 Å². The van der Waals surface area contributed by atoms with E-state index in [0.29, 0.717) is 0 Å². The number of para-hydroxylation sites is 1. The van der Waals surface area contributed by atoms with Crippen molar-refractivity contribution >= 4 is 38.9 Å². The van der Waals surface area contributed by atoms with Crippen LogP contribution in [0.25, 0.3) is 83.1 Å². The lowest BCUT2D eigenvalue weighted by atomic mass is 9.82. The van der Waals surface area contributed by atoms with Gasteiger partial charge in [0, 0.05) is 33.5 Å². The Kier molecular flexibility index (Phi) is 10.9. The fraction of sp³-hybridized carbons (Fsp3) is 0.0769. The largest absolute Gasteiger partial charge is 0.311 e. The van der Waals surface area contributed by atoms with E-state index in [-0.39, 0.29) is 5.41 Å². The van der Waals surface area contributed by atoms with Crippen molar-refractivity contribution in [2.75, 3.05) is 4.90 Å². The highest BCUT2D eigenvalue weighted by Crippen LogP contribution is 2.40. The molecule has 0 saturated carbocycles. The Bertz CT molecular complexity index is 3360. The minimum atomic E-state index is 0.154. The molecule has 11 aromatic rings. The van der Waals surface area contributed by atoms with Crippen LogP contribution in [-0.2, 0) is 5.41 Å². The third-order valence-electron chi connectivity index (χ3n) is 13.8. The van der Waals surface area contributed by atoms with Gasteiger partial charge in [-0.1, -0.05) is 197 Å². The second-order valence-electron chi connectivity index (χ2n) is 18.2. The second-order valence-corrected chi connectivity index (χ2v) is 18.2. The number of benzene rings is 10. The van der Waals surface area contributed by atoms with Gasteiger partial charge in [0.1, 0.15) is 0 Å². The van der Waals surface area contributed by atoms with E-state index in [1.807, 2.05) is 0 Å². The Balaban J connectivity index is 0.911. The molecule has 1 heterocycles. The summed E-state index contributed by atoms with van der Waals surface area (Å²) in [6.07, 6.45) is 1.10. The first-order valence-corrected chi connectivity index (χ1v) is 23.5. The van der Waals surface area contributed by atoms with Crippen LogP contribution in [0.15, 0.2) is 249 Å². The molecule has 2 heteroatoms. The highest BCUT2D eigenvalue weighted by atomic mass is 15.1. The Hall–Kier alpha value is -8.20. The first-order chi connectivity index (χ1) is 32.9. The van der Waals surface area contributed by atoms with Gasteiger partial charge in [0.25, 0.3) is 0 Å². The van der Waals surface area contributed by atoms with Gasteiger partial charge in [-0.15, -0.1) is 0 Å². The molecule has 0 spiro atoms. The van der Waals surface area contributed by atoms with Crippen LogP contribution in [0, 0.1) is 0 Å². The highest BCUT2D eigenvalue weighted by Gasteiger charge is 2.19. The molecule has 10 aromatic carbocycles. The van der Waals surface area contributed by atoms with E-state index >= 15 is 0 Å². The molecule has 67 heavy (non-hydrogen) atoms. The molecule has 1 aromatic heterocycles. The number of hydrogen-bond acceptors (Lipinski definition) is 1. The van der Waals surface area contributed by atoms with Crippen molar-refractivity contribution in [2.45, 2.75) is 32.6 Å². The first-order valence-electron chi connectivity index (χ1n) is 23.5. The lowest BCUT2D eigenvalue weighted by Gasteiger charge is -2.26. The summed E-state index contributed by atoms with van der Waals surface area (Å²) in [5.41, 5.74) is 20.4. The average molecular weight is 861 g/mol. The molecule has 322 valence electrons. The molecule has 0 N–H and O–H groups in total. The number of fused-ring (bicyclic) bond motifs is 3. The Morgan fingerprint density at radius 2 is 0.627 bits per heavy atom. The summed E-state index contributed by atoms with van der Waals surface area (Å²) < 4.78 is 2.40. The third kappa shape index (κ3) is 8.13. The van der Waals surface area contributed by atoms with Crippen molar-refractivity contribution < 1.29 is 0 Å². The van der Waals surface area contributed by atoms with Crippen molar-refractivity contribution in [3.8, 4) is 61.3 Å². The molecule has 0 fully saturated rings. The second kappa shape index (κ2) is 17.6. The number of nitrogens with zero attached hydrogens (tertiary/aromatic N) is 2. The Morgan fingerprint density at radius 1 is 0.328 bits per heavy atom. The van der Waals surface area contributed by atoms with E-state index in [1.54, 1.807) is 0 Å². The van der Waals surface area contributed by atoms with Gasteiger partial charge in [-0.3, -0.25) is 0 Å². The van der Waals surface area contributed by atoms with Gasteiger partial charge in [-0.2, -0.15) is 0 Å². The van der Waals surface area contributed by atoms with Crippen LogP contribution in [-0.4, -0.2) is 4.57 Å². The summed E-state index contributed by atoms with van der Waals surface area (Å²) in [6.45, 7) is 6.91. The lowest BCUT2D eigenvalue weighted by molar-refractivity contribution is 0.506. The van der Waals surface area contributed by atoms with Crippen LogP contribution in [0.3, 0.4) is 0 Å². The lowest BCUT2D eigenvalue weighted by Crippen LogP contribution is -2.14. The van der Waals surface area contributed by atoms with Crippen molar-refractivity contribution in [1.82, 2.24) is 4.57 Å². The van der Waals surface area contributed by atoms with Crippen LogP contribution in [0.4, 0.5) is 17.1 Å². The zero-order valence-electron chi connectivity index (χ0n) is 38.3. The molecule has 0 amide bonds. The van der Waals surface area contributed by atoms with E-state index in [1.165, 1.54) is 83.0 Å².